The van der Waals surface area contributed by atoms with Crippen molar-refractivity contribution >= 4 is 47.3 Å². The summed E-state index contributed by atoms with van der Waals surface area (Å²) in [5.41, 5.74) is -1.25. The lowest BCUT2D eigenvalue weighted by Crippen LogP contribution is -2.58. The first-order chi connectivity index (χ1) is 54.7. The maximum atomic E-state index is 14.1. The Morgan fingerprint density at radius 1 is 0.421 bits per heavy atom. The molecule has 114 heavy (non-hydrogen) atoms. The van der Waals surface area contributed by atoms with Gasteiger partial charge in [0.05, 0.1) is 110 Å². The molecule has 38 nitrogen and oxygen atoms in total. The molecule has 7 amide bonds. The fourth-order valence-electron chi connectivity index (χ4n) is 11.4. The van der Waals surface area contributed by atoms with Crippen LogP contribution in [0, 0.1) is 29.1 Å². The molecule has 3 aliphatic heterocycles. The van der Waals surface area contributed by atoms with E-state index in [1.54, 1.807) is 0 Å². The number of hydrogen-bond acceptors (Lipinski definition) is 30. The van der Waals surface area contributed by atoms with Crippen molar-refractivity contribution in [2.75, 3.05) is 132 Å². The monoisotopic (exact) mass is 1650 g/mol. The van der Waals surface area contributed by atoms with E-state index in [4.69, 9.17) is 47.4 Å². The highest BCUT2D eigenvalue weighted by Crippen LogP contribution is 2.30. The number of nitrogens with one attached hydrogen (secondary N) is 7. The maximum Gasteiger partial charge on any atom is 0.313 e. The fourth-order valence-corrected chi connectivity index (χ4v) is 11.4. The highest BCUT2D eigenvalue weighted by atomic mass is 19.2. The topological polar surface area (TPSA) is 535 Å². The third-order valence-electron chi connectivity index (χ3n) is 17.9. The number of hydrogen-bond donors (Lipinski definition) is 16. The number of aromatic nitrogens is 3. The van der Waals surface area contributed by atoms with E-state index in [1.165, 1.54) is 10.9 Å². The lowest BCUT2D eigenvalue weighted by Gasteiger charge is -2.36. The van der Waals surface area contributed by atoms with Gasteiger partial charge in [-0.2, -0.15) is 8.78 Å². The van der Waals surface area contributed by atoms with E-state index in [9.17, 15) is 106 Å². The molecule has 0 unspecified atom stereocenters. The Kier molecular flexibility index (Phi) is 46.9. The summed E-state index contributed by atoms with van der Waals surface area (Å²) in [6.07, 6.45) is -7.87. The van der Waals surface area contributed by atoms with E-state index < -0.39 is 177 Å². The van der Waals surface area contributed by atoms with Crippen LogP contribution >= 0.6 is 0 Å². The van der Waals surface area contributed by atoms with Crippen LogP contribution in [0.15, 0.2) is 6.20 Å². The second kappa shape index (κ2) is 54.8. The van der Waals surface area contributed by atoms with Crippen LogP contribution in [0.4, 0.5) is 22.0 Å². The smallest absolute Gasteiger partial charge is 0.313 e. The molecular weight excluding hydrogens is 1540 g/mol. The van der Waals surface area contributed by atoms with Gasteiger partial charge in [0.1, 0.15) is 42.2 Å². The summed E-state index contributed by atoms with van der Waals surface area (Å²) in [5, 5.41) is 116. The number of aryl methyl sites for hydroxylation is 1. The summed E-state index contributed by atoms with van der Waals surface area (Å²) >= 11 is 0. The molecule has 3 aliphatic rings. The molecule has 16 N–H and O–H groups in total. The standard InChI is InChI=1S/C71H113F5N10O28/c72-62-63(73)65(75)70(66(76)64(62)74)114-58(100)18-32-104-33-25-86-37-44(84-85-86)13-14-57(99)83-71(41-105-29-15-54(96)80-22-7-19-77-51(93)10-1-4-26-108-59-34-45(90)67(101)48(38-87)111-59,42-106-30-16-55(97)81-23-8-20-78-52(94)11-2-5-27-109-60-35-46(91)68(102)49(39-88)112-60)43-107-31-17-56(98)82-24-9-21-79-53(95)12-3-6-28-110-61-36-47(92)69(103)50(40-89)113-61/h37,45-50,59-61,67-69,87-92,101-103H,1-36,38-43H2,(H,77,93)(H,78,94)(H,79,95)(H,80,96)(H,81,97)(H,82,98)(H,83,99)/t45-,46-,47-,48-,49-,50-,59-,60-,61-,67-,68-,69-/m1/s1. The molecule has 1 aromatic carbocycles. The number of unbranched alkanes of at least 4 members (excludes halogenated alkanes) is 3. The average molecular weight is 1650 g/mol. The quantitative estimate of drug-likeness (QED) is 0.00779. The first-order valence-corrected chi connectivity index (χ1v) is 38.3. The van der Waals surface area contributed by atoms with Gasteiger partial charge in [-0.05, 0) is 57.8 Å². The highest BCUT2D eigenvalue weighted by molar-refractivity contribution is 5.79. The second-order valence-electron chi connectivity index (χ2n) is 27.3. The van der Waals surface area contributed by atoms with Gasteiger partial charge in [-0.1, -0.05) is 5.21 Å². The van der Waals surface area contributed by atoms with Crippen LogP contribution in [0.5, 0.6) is 5.75 Å². The molecule has 43 heteroatoms. The molecule has 3 saturated heterocycles. The zero-order chi connectivity index (χ0) is 83.2. The fraction of sp³-hybridized carbons (Fsp3) is 0.775. The van der Waals surface area contributed by atoms with Gasteiger partial charge in [-0.25, -0.2) is 17.9 Å². The zero-order valence-electron chi connectivity index (χ0n) is 63.7. The normalized spacial score (nSPS) is 21.7. The molecule has 3 fully saturated rings. The molecule has 0 aliphatic carbocycles. The van der Waals surface area contributed by atoms with Crippen molar-refractivity contribution in [3.63, 3.8) is 0 Å². The maximum absolute atomic E-state index is 14.1. The van der Waals surface area contributed by atoms with Gasteiger partial charge < -0.3 is 135 Å². The number of rotatable bonds is 59. The number of carbonyl (C=O) groups is 8. The van der Waals surface area contributed by atoms with Crippen molar-refractivity contribution in [2.45, 2.75) is 221 Å². The lowest BCUT2D eigenvalue weighted by molar-refractivity contribution is -0.257. The van der Waals surface area contributed by atoms with Gasteiger partial charge in [0.25, 0.3) is 0 Å². The summed E-state index contributed by atoms with van der Waals surface area (Å²) in [5.74, 6) is -17.4. The third-order valence-corrected chi connectivity index (χ3v) is 17.9. The number of aliphatic hydroxyl groups excluding tert-OH is 9. The van der Waals surface area contributed by atoms with Gasteiger partial charge >= 0.3 is 5.97 Å². The molecule has 0 radical (unpaired) electrons. The van der Waals surface area contributed by atoms with E-state index >= 15 is 0 Å². The summed E-state index contributed by atoms with van der Waals surface area (Å²) in [6.45, 7) is -1.76. The molecule has 1 aromatic heterocycles. The summed E-state index contributed by atoms with van der Waals surface area (Å²) in [6, 6.07) is 0. The molecule has 650 valence electrons. The molecule has 2 aromatic rings. The van der Waals surface area contributed by atoms with Crippen LogP contribution < -0.4 is 42.0 Å². The van der Waals surface area contributed by atoms with Gasteiger partial charge in [0.2, 0.25) is 76.2 Å². The van der Waals surface area contributed by atoms with Crippen molar-refractivity contribution in [1.82, 2.24) is 52.2 Å². The predicted octanol–water partition coefficient (Wildman–Crippen LogP) is -3.09. The van der Waals surface area contributed by atoms with Crippen LogP contribution in [-0.2, 0) is 98.7 Å². The number of aliphatic hydroxyl groups is 9. The van der Waals surface area contributed by atoms with Crippen molar-refractivity contribution in [3.05, 3.63) is 41.0 Å². The SMILES string of the molecule is O=C(CCCCO[C@H]1C[C@@H](O)[C@@H](O)[C@@H](CO)O1)NCCCNC(=O)CCOCC(COCCC(=O)NCCCNC(=O)CCCCO[C@H]1C[C@@H](O)[C@@H](O)[C@@H](CO)O1)(COCCC(=O)NCCCNC(=O)CCCCO[C@H]1C[C@@H](O)[C@@H](O)[C@@H](CO)O1)NC(=O)CCc1cn(CCOCCC(=O)Oc2c(F)c(F)c(F)c(F)c2F)nn1. The summed E-state index contributed by atoms with van der Waals surface area (Å²) in [4.78, 5) is 103. The van der Waals surface area contributed by atoms with Crippen LogP contribution in [0.25, 0.3) is 0 Å². The lowest BCUT2D eigenvalue weighted by atomic mass is 10.0. The van der Waals surface area contributed by atoms with E-state index in [0.29, 0.717) is 63.5 Å². The van der Waals surface area contributed by atoms with Gasteiger partial charge in [-0.3, -0.25) is 38.4 Å². The zero-order valence-corrected chi connectivity index (χ0v) is 63.7. The predicted molar refractivity (Wildman–Crippen MR) is 381 cm³/mol. The number of nitrogens with zero attached hydrogens (tertiary/aromatic N) is 3. The van der Waals surface area contributed by atoms with Crippen molar-refractivity contribution in [2.24, 2.45) is 0 Å². The van der Waals surface area contributed by atoms with E-state index in [1.807, 2.05) is 0 Å². The van der Waals surface area contributed by atoms with Crippen molar-refractivity contribution in [3.8, 4) is 5.75 Å². The second-order valence-corrected chi connectivity index (χ2v) is 27.3. The van der Waals surface area contributed by atoms with E-state index in [-0.39, 0.29) is 200 Å². The third kappa shape index (κ3) is 37.5. The number of amides is 7. The molecule has 5 rings (SSSR count). The van der Waals surface area contributed by atoms with Crippen LogP contribution in [0.3, 0.4) is 0 Å². The van der Waals surface area contributed by atoms with E-state index in [2.05, 4.69) is 52.3 Å². The Balaban J connectivity index is 1.12. The largest absolute Gasteiger partial charge is 0.420 e. The minimum absolute atomic E-state index is 0.00710. The minimum Gasteiger partial charge on any atom is -0.420 e. The van der Waals surface area contributed by atoms with Gasteiger partial charge in [0, 0.05) is 136 Å². The summed E-state index contributed by atoms with van der Waals surface area (Å²) < 4.78 is 131. The Morgan fingerprint density at radius 3 is 1.12 bits per heavy atom. The highest BCUT2D eigenvalue weighted by Gasteiger charge is 2.40. The number of carbonyl (C=O) groups excluding carboxylic acids is 8. The first-order valence-electron chi connectivity index (χ1n) is 38.3. The number of esters is 1. The van der Waals surface area contributed by atoms with Crippen LogP contribution in [0.2, 0.25) is 0 Å². The number of ether oxygens (including phenoxy) is 11. The minimum atomic E-state index is -2.43. The Morgan fingerprint density at radius 2 is 0.763 bits per heavy atom. The van der Waals surface area contributed by atoms with Crippen LogP contribution in [0.1, 0.15) is 134 Å². The van der Waals surface area contributed by atoms with Crippen molar-refractivity contribution < 1.29 is 158 Å². The molecule has 0 bridgehead atoms. The molecule has 0 spiro atoms. The average Bonchev–Trinajstić information content (AvgIpc) is 0.864. The number of benzene rings is 1. The van der Waals surface area contributed by atoms with Gasteiger partial charge in [0.15, 0.2) is 18.9 Å². The Labute approximate surface area is 655 Å². The Bertz CT molecular complexity index is 2970. The van der Waals surface area contributed by atoms with Crippen LogP contribution in [-0.4, -0.2) is 319 Å². The molecule has 4 heterocycles. The first kappa shape index (κ1) is 97.6. The molecule has 0 saturated carbocycles. The molecular formula is C71H113F5N10O28. The molecule has 12 atom stereocenters. The van der Waals surface area contributed by atoms with Crippen molar-refractivity contribution in [1.29, 1.82) is 0 Å². The summed E-state index contributed by atoms with van der Waals surface area (Å²) in [7, 11) is 0. The Hall–Kier alpha value is -6.99. The number of halogens is 5. The van der Waals surface area contributed by atoms with E-state index in [0.717, 1.165) is 0 Å². The van der Waals surface area contributed by atoms with Gasteiger partial charge in [-0.15, -0.1) is 5.10 Å².